The Morgan fingerprint density at radius 1 is 1.10 bits per heavy atom. The van der Waals surface area contributed by atoms with Crippen molar-refractivity contribution in [3.05, 3.63) is 60.3 Å². The van der Waals surface area contributed by atoms with Crippen molar-refractivity contribution in [2.75, 3.05) is 29.0 Å². The molecular formula is C27H26F3N7O3. The number of benzene rings is 2. The Morgan fingerprint density at radius 3 is 2.55 bits per heavy atom. The van der Waals surface area contributed by atoms with Crippen molar-refractivity contribution >= 4 is 34.3 Å². The molecule has 208 valence electrons. The molecule has 2 aliphatic rings. The van der Waals surface area contributed by atoms with Crippen LogP contribution in [0.25, 0.3) is 22.4 Å². The Bertz CT molecular complexity index is 1530. The van der Waals surface area contributed by atoms with E-state index in [-0.39, 0.29) is 30.3 Å². The Balaban J connectivity index is 1.25. The molecule has 10 nitrogen and oxygen atoms in total. The number of rotatable bonds is 6. The third-order valence-electron chi connectivity index (χ3n) is 6.86. The molecule has 0 spiro atoms. The maximum absolute atomic E-state index is 13.3. The number of hydrogen-bond acceptors (Lipinski definition) is 8. The van der Waals surface area contributed by atoms with Crippen LogP contribution < -0.4 is 16.0 Å². The summed E-state index contributed by atoms with van der Waals surface area (Å²) >= 11 is 0. The van der Waals surface area contributed by atoms with E-state index in [1.165, 1.54) is 6.20 Å². The molecule has 13 heteroatoms. The number of fused-ring (bicyclic) bond motifs is 3. The zero-order valence-electron chi connectivity index (χ0n) is 21.3. The molecule has 1 amide bonds. The van der Waals surface area contributed by atoms with Crippen LogP contribution in [0.3, 0.4) is 0 Å². The molecule has 40 heavy (non-hydrogen) atoms. The van der Waals surface area contributed by atoms with E-state index in [1.807, 2.05) is 4.90 Å². The lowest BCUT2D eigenvalue weighted by Crippen LogP contribution is -2.43. The van der Waals surface area contributed by atoms with E-state index >= 15 is 0 Å². The van der Waals surface area contributed by atoms with Crippen molar-refractivity contribution in [2.45, 2.75) is 44.4 Å². The van der Waals surface area contributed by atoms with E-state index in [9.17, 15) is 18.0 Å². The van der Waals surface area contributed by atoms with Gasteiger partial charge in [-0.3, -0.25) is 5.32 Å². The molecule has 2 atom stereocenters. The van der Waals surface area contributed by atoms with Crippen molar-refractivity contribution < 1.29 is 27.4 Å². The summed E-state index contributed by atoms with van der Waals surface area (Å²) in [5, 5.41) is 7.09. The maximum atomic E-state index is 13.3. The summed E-state index contributed by atoms with van der Waals surface area (Å²) in [6.07, 6.45) is -1.73. The first-order chi connectivity index (χ1) is 19.2. The normalized spacial score (nSPS) is 18.7. The third kappa shape index (κ3) is 5.64. The van der Waals surface area contributed by atoms with Crippen molar-refractivity contribution in [1.82, 2.24) is 19.7 Å². The number of ether oxygens (including phenoxy) is 2. The zero-order valence-corrected chi connectivity index (χ0v) is 21.3. The van der Waals surface area contributed by atoms with Crippen LogP contribution in [0.1, 0.15) is 18.4 Å². The molecule has 2 saturated heterocycles. The molecule has 2 unspecified atom stereocenters. The van der Waals surface area contributed by atoms with E-state index < -0.39 is 18.8 Å². The van der Waals surface area contributed by atoms with E-state index in [1.54, 1.807) is 48.5 Å². The monoisotopic (exact) mass is 553 g/mol. The average molecular weight is 554 g/mol. The van der Waals surface area contributed by atoms with E-state index in [4.69, 9.17) is 20.2 Å². The van der Waals surface area contributed by atoms with Crippen LogP contribution in [-0.2, 0) is 22.6 Å². The van der Waals surface area contributed by atoms with Crippen LogP contribution in [0.2, 0.25) is 0 Å². The van der Waals surface area contributed by atoms with Gasteiger partial charge in [-0.1, -0.05) is 12.1 Å². The van der Waals surface area contributed by atoms with Gasteiger partial charge in [0.2, 0.25) is 0 Å². The number of aromatic nitrogens is 4. The molecule has 0 radical (unpaired) electrons. The minimum atomic E-state index is -4.46. The van der Waals surface area contributed by atoms with Crippen LogP contribution in [0.15, 0.2) is 54.7 Å². The average Bonchev–Trinajstić information content (AvgIpc) is 3.47. The van der Waals surface area contributed by atoms with Gasteiger partial charge < -0.3 is 20.1 Å². The molecule has 0 saturated carbocycles. The van der Waals surface area contributed by atoms with E-state index in [2.05, 4.69) is 15.4 Å². The molecule has 4 aromatic rings. The molecule has 3 N–H and O–H groups in total. The molecule has 4 heterocycles. The Hall–Kier alpha value is -4.39. The lowest BCUT2D eigenvalue weighted by atomic mass is 10.2. The van der Waals surface area contributed by atoms with Gasteiger partial charge in [0.1, 0.15) is 19.0 Å². The minimum absolute atomic E-state index is 0.0560. The number of nitrogens with zero attached hydrogens (tertiary/aromatic N) is 5. The van der Waals surface area contributed by atoms with Gasteiger partial charge in [0, 0.05) is 30.0 Å². The molecule has 2 aromatic heterocycles. The highest BCUT2D eigenvalue weighted by Crippen LogP contribution is 2.34. The molecule has 6 rings (SSSR count). The smallest absolute Gasteiger partial charge is 0.411 e. The number of alkyl halides is 3. The number of morpholine rings is 1. The van der Waals surface area contributed by atoms with Crippen LogP contribution in [-0.4, -0.2) is 57.3 Å². The fourth-order valence-electron chi connectivity index (χ4n) is 5.07. The summed E-state index contributed by atoms with van der Waals surface area (Å²) in [7, 11) is 0. The van der Waals surface area contributed by atoms with Gasteiger partial charge in [0.05, 0.1) is 23.8 Å². The second-order valence-electron chi connectivity index (χ2n) is 9.91. The fraction of sp³-hybridized carbons (Fsp3) is 0.333. The van der Waals surface area contributed by atoms with Gasteiger partial charge >= 0.3 is 12.3 Å². The Morgan fingerprint density at radius 2 is 1.85 bits per heavy atom. The van der Waals surface area contributed by atoms with Gasteiger partial charge in [-0.05, 0) is 54.8 Å². The summed E-state index contributed by atoms with van der Waals surface area (Å²) in [4.78, 5) is 23.5. The lowest BCUT2D eigenvalue weighted by Gasteiger charge is -2.33. The number of halogens is 3. The van der Waals surface area contributed by atoms with Gasteiger partial charge in [-0.25, -0.2) is 19.4 Å². The number of amides is 1. The second kappa shape index (κ2) is 10.3. The number of nitrogens with two attached hydrogens (primary N) is 1. The minimum Gasteiger partial charge on any atom is -0.444 e. The summed E-state index contributed by atoms with van der Waals surface area (Å²) in [6.45, 7) is -0.0259. The predicted molar refractivity (Wildman–Crippen MR) is 142 cm³/mol. The number of carbonyl (C=O) groups excluding carboxylic acids is 1. The van der Waals surface area contributed by atoms with Gasteiger partial charge in [0.25, 0.3) is 0 Å². The van der Waals surface area contributed by atoms with E-state index in [0.29, 0.717) is 41.2 Å². The quantitative estimate of drug-likeness (QED) is 0.328. The number of nitrogens with one attached hydrogen (secondary N) is 1. The van der Waals surface area contributed by atoms with E-state index in [0.717, 1.165) is 23.1 Å². The van der Waals surface area contributed by atoms with Crippen molar-refractivity contribution in [1.29, 1.82) is 0 Å². The standard InChI is InChI=1S/C27H26F3N7O3/c28-27(29,30)15-37-25-22(11-32-37)24(36-12-20-8-9-21(13-36)40-20)34-23(35-25)17-4-6-19(7-5-17)33-26(38)39-14-16-2-1-3-18(31)10-16/h1-7,10-11,20-21H,8-9,12-15,31H2,(H,33,38). The summed E-state index contributed by atoms with van der Waals surface area (Å²) < 4.78 is 51.9. The molecule has 2 aliphatic heterocycles. The Kier molecular flexibility index (Phi) is 6.66. The molecule has 0 aliphatic carbocycles. The largest absolute Gasteiger partial charge is 0.444 e. The highest BCUT2D eigenvalue weighted by Gasteiger charge is 2.36. The summed E-state index contributed by atoms with van der Waals surface area (Å²) in [5.74, 6) is 0.780. The first-order valence-corrected chi connectivity index (χ1v) is 12.8. The third-order valence-corrected chi connectivity index (χ3v) is 6.86. The lowest BCUT2D eigenvalue weighted by molar-refractivity contribution is -0.141. The molecule has 2 bridgehead atoms. The number of anilines is 3. The number of hydrogen-bond donors (Lipinski definition) is 2. The maximum Gasteiger partial charge on any atom is 0.411 e. The number of carbonyl (C=O) groups is 1. The molecular weight excluding hydrogens is 527 g/mol. The van der Waals surface area contributed by atoms with Crippen LogP contribution in [0.4, 0.5) is 35.2 Å². The predicted octanol–water partition coefficient (Wildman–Crippen LogP) is 4.75. The first-order valence-electron chi connectivity index (χ1n) is 12.8. The van der Waals surface area contributed by atoms with Crippen molar-refractivity contribution in [2.24, 2.45) is 0 Å². The molecule has 2 fully saturated rings. The fourth-order valence-corrected chi connectivity index (χ4v) is 5.07. The molecule has 2 aromatic carbocycles. The summed E-state index contributed by atoms with van der Waals surface area (Å²) in [6, 6.07) is 13.7. The van der Waals surface area contributed by atoms with Gasteiger partial charge in [0.15, 0.2) is 11.5 Å². The topological polar surface area (TPSA) is 120 Å². The van der Waals surface area contributed by atoms with Crippen molar-refractivity contribution in [3.63, 3.8) is 0 Å². The number of nitrogen functional groups attached to an aromatic ring is 1. The van der Waals surface area contributed by atoms with Crippen LogP contribution >= 0.6 is 0 Å². The highest BCUT2D eigenvalue weighted by molar-refractivity contribution is 5.89. The highest BCUT2D eigenvalue weighted by atomic mass is 19.4. The summed E-state index contributed by atoms with van der Waals surface area (Å²) in [5.41, 5.74) is 8.21. The van der Waals surface area contributed by atoms with Crippen LogP contribution in [0.5, 0.6) is 0 Å². The Labute approximate surface area is 226 Å². The van der Waals surface area contributed by atoms with Crippen molar-refractivity contribution in [3.8, 4) is 11.4 Å². The van der Waals surface area contributed by atoms with Gasteiger partial charge in [-0.2, -0.15) is 18.3 Å². The van der Waals surface area contributed by atoms with Crippen LogP contribution in [0, 0.1) is 0 Å². The SMILES string of the molecule is Nc1cccc(COC(=O)Nc2ccc(-c3nc(N4CC5CCC(C4)O5)c4cnn(CC(F)(F)F)c4n3)cc2)c1. The zero-order chi connectivity index (χ0) is 27.9. The first kappa shape index (κ1) is 25.9. The second-order valence-corrected chi connectivity index (χ2v) is 9.91. The van der Waals surface area contributed by atoms with Gasteiger partial charge in [-0.15, -0.1) is 0 Å².